The summed E-state index contributed by atoms with van der Waals surface area (Å²) < 4.78 is 21.0. The third kappa shape index (κ3) is 9.94. The molecule has 1 unspecified atom stereocenters. The van der Waals surface area contributed by atoms with Gasteiger partial charge in [0.25, 0.3) is 0 Å². The maximum atomic E-state index is 12.2. The van der Waals surface area contributed by atoms with Crippen LogP contribution in [-0.4, -0.2) is 46.4 Å². The topological polar surface area (TPSA) is 151 Å². The van der Waals surface area contributed by atoms with E-state index in [9.17, 15) is 24.3 Å². The zero-order valence-electron chi connectivity index (χ0n) is 21.7. The predicted molar refractivity (Wildman–Crippen MR) is 127 cm³/mol. The van der Waals surface area contributed by atoms with Gasteiger partial charge < -0.3 is 29.8 Å². The molecule has 1 aromatic rings. The highest BCUT2D eigenvalue weighted by molar-refractivity contribution is 5.80. The Morgan fingerprint density at radius 3 is 1.89 bits per heavy atom. The van der Waals surface area contributed by atoms with Gasteiger partial charge in [-0.3, -0.25) is 14.4 Å². The molecule has 35 heavy (non-hydrogen) atoms. The fourth-order valence-electron chi connectivity index (χ4n) is 2.87. The van der Waals surface area contributed by atoms with E-state index in [0.717, 1.165) is 0 Å². The van der Waals surface area contributed by atoms with Crippen molar-refractivity contribution >= 4 is 24.1 Å². The quantitative estimate of drug-likeness (QED) is 0.361. The number of carboxylic acid groups (broad SMARTS) is 1. The van der Waals surface area contributed by atoms with Gasteiger partial charge in [0.05, 0.1) is 11.8 Å². The van der Waals surface area contributed by atoms with Gasteiger partial charge in [0, 0.05) is 12.8 Å². The van der Waals surface area contributed by atoms with Gasteiger partial charge >= 0.3 is 24.1 Å². The number of benzene rings is 1. The molecule has 0 aliphatic carbocycles. The smallest absolute Gasteiger partial charge is 0.480 e. The van der Waals surface area contributed by atoms with Gasteiger partial charge in [0.2, 0.25) is 0 Å². The lowest BCUT2D eigenvalue weighted by atomic mass is 9.86. The number of carbonyl (C=O) groups excluding carboxylic acids is 3. The van der Waals surface area contributed by atoms with E-state index in [-0.39, 0.29) is 24.3 Å². The second-order valence-corrected chi connectivity index (χ2v) is 10.2. The fraction of sp³-hybridized carbons (Fsp3) is 0.600. The first kappa shape index (κ1) is 29.9. The lowest BCUT2D eigenvalue weighted by Crippen LogP contribution is -2.52. The SMILES string of the molecule is CC(C)C(=O)Oc1ccc(CC(N)(C[C@H](C)OC(=O)OC(C)(C)C)C(=O)O)cc1OC(=O)C(C)C. The summed E-state index contributed by atoms with van der Waals surface area (Å²) >= 11 is 0. The first-order valence-corrected chi connectivity index (χ1v) is 11.4. The van der Waals surface area contributed by atoms with Crippen LogP contribution in [0.25, 0.3) is 0 Å². The highest BCUT2D eigenvalue weighted by Crippen LogP contribution is 2.32. The first-order chi connectivity index (χ1) is 15.9. The average molecular weight is 496 g/mol. The van der Waals surface area contributed by atoms with Crippen molar-refractivity contribution < 1.29 is 43.2 Å². The average Bonchev–Trinajstić information content (AvgIpc) is 2.67. The van der Waals surface area contributed by atoms with E-state index >= 15 is 0 Å². The second kappa shape index (κ2) is 12.0. The van der Waals surface area contributed by atoms with Gasteiger partial charge in [-0.15, -0.1) is 0 Å². The van der Waals surface area contributed by atoms with Gasteiger partial charge in [0.1, 0.15) is 17.2 Å². The van der Waals surface area contributed by atoms with Crippen LogP contribution in [0.4, 0.5) is 4.79 Å². The largest absolute Gasteiger partial charge is 0.509 e. The molecule has 0 amide bonds. The van der Waals surface area contributed by atoms with Crippen molar-refractivity contribution in [1.82, 2.24) is 0 Å². The Morgan fingerprint density at radius 1 is 0.914 bits per heavy atom. The molecule has 196 valence electrons. The Bertz CT molecular complexity index is 933. The monoisotopic (exact) mass is 495 g/mol. The Morgan fingerprint density at radius 2 is 1.43 bits per heavy atom. The van der Waals surface area contributed by atoms with Crippen molar-refractivity contribution in [3.8, 4) is 11.5 Å². The number of hydrogen-bond donors (Lipinski definition) is 2. The number of aliphatic carboxylic acids is 1. The molecule has 0 heterocycles. The number of hydrogen-bond acceptors (Lipinski definition) is 9. The number of esters is 2. The van der Waals surface area contributed by atoms with Gasteiger partial charge in [-0.2, -0.15) is 0 Å². The molecular formula is C25H37NO9. The molecule has 0 saturated carbocycles. The predicted octanol–water partition coefficient (Wildman–Crippen LogP) is 3.86. The highest BCUT2D eigenvalue weighted by Gasteiger charge is 2.37. The van der Waals surface area contributed by atoms with Crippen LogP contribution in [0.15, 0.2) is 18.2 Å². The van der Waals surface area contributed by atoms with Crippen molar-refractivity contribution in [3.05, 3.63) is 23.8 Å². The molecule has 3 N–H and O–H groups in total. The van der Waals surface area contributed by atoms with Crippen molar-refractivity contribution in [1.29, 1.82) is 0 Å². The minimum atomic E-state index is -1.82. The molecule has 10 nitrogen and oxygen atoms in total. The van der Waals surface area contributed by atoms with Crippen LogP contribution >= 0.6 is 0 Å². The summed E-state index contributed by atoms with van der Waals surface area (Å²) in [6, 6.07) is 4.36. The van der Waals surface area contributed by atoms with E-state index in [1.165, 1.54) is 25.1 Å². The van der Waals surface area contributed by atoms with Crippen molar-refractivity contribution in [2.24, 2.45) is 17.6 Å². The van der Waals surface area contributed by atoms with Crippen LogP contribution < -0.4 is 15.2 Å². The highest BCUT2D eigenvalue weighted by atomic mass is 16.7. The summed E-state index contributed by atoms with van der Waals surface area (Å²) in [4.78, 5) is 48.3. The molecule has 2 atom stereocenters. The number of carboxylic acids is 1. The summed E-state index contributed by atoms with van der Waals surface area (Å²) in [6.45, 7) is 13.2. The van der Waals surface area contributed by atoms with Gasteiger partial charge in [0.15, 0.2) is 11.5 Å². The number of rotatable bonds is 10. The van der Waals surface area contributed by atoms with Crippen molar-refractivity contribution in [2.45, 2.75) is 85.5 Å². The summed E-state index contributed by atoms with van der Waals surface area (Å²) in [5.74, 6) is -3.26. The molecule has 0 bridgehead atoms. The number of carbonyl (C=O) groups is 4. The summed E-state index contributed by atoms with van der Waals surface area (Å²) in [5, 5.41) is 9.83. The molecule has 1 aromatic carbocycles. The van der Waals surface area contributed by atoms with Crippen LogP contribution in [-0.2, 0) is 30.3 Å². The molecule has 0 radical (unpaired) electrons. The van der Waals surface area contributed by atoms with E-state index in [1.54, 1.807) is 48.5 Å². The standard InChI is InChI=1S/C25H37NO9/c1-14(2)20(27)33-18-10-9-17(11-19(18)34-21(28)15(3)4)13-25(26,22(29)30)12-16(5)32-23(31)35-24(6,7)8/h9-11,14-16H,12-13,26H2,1-8H3,(H,29,30)/t16-,25?/m0/s1. The normalized spacial score (nSPS) is 14.1. The molecule has 0 saturated heterocycles. The van der Waals surface area contributed by atoms with Crippen molar-refractivity contribution in [2.75, 3.05) is 0 Å². The second-order valence-electron chi connectivity index (χ2n) is 10.2. The zero-order chi connectivity index (χ0) is 27.1. The minimum absolute atomic E-state index is 0.0269. The van der Waals surface area contributed by atoms with Crippen LogP contribution in [0, 0.1) is 11.8 Å². The molecule has 0 fully saturated rings. The molecule has 0 aliphatic rings. The van der Waals surface area contributed by atoms with E-state index in [2.05, 4.69) is 0 Å². The van der Waals surface area contributed by atoms with Crippen LogP contribution in [0.5, 0.6) is 11.5 Å². The summed E-state index contributed by atoms with van der Waals surface area (Å²) in [6.07, 6.45) is -2.20. The minimum Gasteiger partial charge on any atom is -0.480 e. The number of nitrogens with two attached hydrogens (primary N) is 1. The Balaban J connectivity index is 3.17. The molecule has 10 heteroatoms. The lowest BCUT2D eigenvalue weighted by Gasteiger charge is -2.28. The van der Waals surface area contributed by atoms with E-state index < -0.39 is 53.1 Å². The first-order valence-electron chi connectivity index (χ1n) is 11.4. The van der Waals surface area contributed by atoms with Crippen LogP contribution in [0.2, 0.25) is 0 Å². The lowest BCUT2D eigenvalue weighted by molar-refractivity contribution is -0.145. The number of ether oxygens (including phenoxy) is 4. The van der Waals surface area contributed by atoms with Gasteiger partial charge in [-0.25, -0.2) is 4.79 Å². The molecule has 0 aliphatic heterocycles. The van der Waals surface area contributed by atoms with Gasteiger partial charge in [-0.1, -0.05) is 33.8 Å². The van der Waals surface area contributed by atoms with E-state index in [1.807, 2.05) is 0 Å². The van der Waals surface area contributed by atoms with Crippen molar-refractivity contribution in [3.63, 3.8) is 0 Å². The van der Waals surface area contributed by atoms with E-state index in [4.69, 9.17) is 24.7 Å². The van der Waals surface area contributed by atoms with Crippen LogP contribution in [0.1, 0.15) is 67.4 Å². The van der Waals surface area contributed by atoms with E-state index in [0.29, 0.717) is 5.56 Å². The zero-order valence-corrected chi connectivity index (χ0v) is 21.7. The molecule has 0 spiro atoms. The van der Waals surface area contributed by atoms with Gasteiger partial charge in [-0.05, 0) is 45.4 Å². The summed E-state index contributed by atoms with van der Waals surface area (Å²) in [5.41, 5.74) is 4.03. The Labute approximate surface area is 206 Å². The fourth-order valence-corrected chi connectivity index (χ4v) is 2.87. The Hall–Kier alpha value is -3.14. The third-order valence-electron chi connectivity index (χ3n) is 4.66. The Kier molecular flexibility index (Phi) is 10.3. The summed E-state index contributed by atoms with van der Waals surface area (Å²) in [7, 11) is 0. The molecule has 0 aromatic heterocycles. The molecule has 1 rings (SSSR count). The molecular weight excluding hydrogens is 458 g/mol. The maximum Gasteiger partial charge on any atom is 0.509 e. The van der Waals surface area contributed by atoms with Crippen LogP contribution in [0.3, 0.4) is 0 Å². The maximum absolute atomic E-state index is 12.2. The third-order valence-corrected chi connectivity index (χ3v) is 4.66.